The first-order chi connectivity index (χ1) is 12.9. The number of rotatable bonds is 8. The van der Waals surface area contributed by atoms with Gasteiger partial charge in [-0.05, 0) is 50.6 Å². The third-order valence-electron chi connectivity index (χ3n) is 4.17. The van der Waals surface area contributed by atoms with Crippen molar-refractivity contribution in [3.05, 3.63) is 64.1 Å². The van der Waals surface area contributed by atoms with E-state index in [4.69, 9.17) is 4.74 Å². The van der Waals surface area contributed by atoms with Crippen LogP contribution in [0, 0.1) is 6.92 Å². The van der Waals surface area contributed by atoms with Gasteiger partial charge in [-0.1, -0.05) is 45.8 Å². The highest BCUT2D eigenvalue weighted by Crippen LogP contribution is 2.17. The van der Waals surface area contributed by atoms with Gasteiger partial charge in [-0.25, -0.2) is 0 Å². The maximum absolute atomic E-state index is 12.8. The van der Waals surface area contributed by atoms with Crippen molar-refractivity contribution < 1.29 is 14.3 Å². The highest BCUT2D eigenvalue weighted by molar-refractivity contribution is 9.10. The monoisotopic (exact) mass is 432 g/mol. The van der Waals surface area contributed by atoms with Crippen LogP contribution in [-0.4, -0.2) is 35.9 Å². The fourth-order valence-electron chi connectivity index (χ4n) is 2.55. The van der Waals surface area contributed by atoms with Gasteiger partial charge in [-0.3, -0.25) is 9.59 Å². The number of amides is 2. The highest BCUT2D eigenvalue weighted by Gasteiger charge is 2.26. The van der Waals surface area contributed by atoms with Gasteiger partial charge < -0.3 is 15.0 Å². The summed E-state index contributed by atoms with van der Waals surface area (Å²) in [6.07, 6.45) is 0. The van der Waals surface area contributed by atoms with Crippen LogP contribution < -0.4 is 10.1 Å². The molecule has 0 aliphatic carbocycles. The van der Waals surface area contributed by atoms with Crippen LogP contribution in [0.5, 0.6) is 5.75 Å². The van der Waals surface area contributed by atoms with Crippen LogP contribution in [0.3, 0.4) is 0 Å². The number of halogens is 1. The topological polar surface area (TPSA) is 58.6 Å². The van der Waals surface area contributed by atoms with E-state index in [1.807, 2.05) is 50.2 Å². The molecule has 0 saturated heterocycles. The summed E-state index contributed by atoms with van der Waals surface area (Å²) in [7, 11) is 0. The minimum atomic E-state index is -0.590. The third-order valence-corrected chi connectivity index (χ3v) is 4.70. The summed E-state index contributed by atoms with van der Waals surface area (Å²) in [5.41, 5.74) is 2.11. The number of aryl methyl sites for hydroxylation is 1. The largest absolute Gasteiger partial charge is 0.484 e. The lowest BCUT2D eigenvalue weighted by Crippen LogP contribution is -2.49. The van der Waals surface area contributed by atoms with Crippen molar-refractivity contribution in [2.75, 3.05) is 13.2 Å². The lowest BCUT2D eigenvalue weighted by Gasteiger charge is -2.28. The summed E-state index contributed by atoms with van der Waals surface area (Å²) in [4.78, 5) is 26.7. The lowest BCUT2D eigenvalue weighted by molar-refractivity contribution is -0.142. The molecule has 0 heterocycles. The molecule has 27 heavy (non-hydrogen) atoms. The Morgan fingerprint density at radius 3 is 2.33 bits per heavy atom. The van der Waals surface area contributed by atoms with Crippen LogP contribution in [0.25, 0.3) is 0 Å². The molecular formula is C21H25BrN2O3. The van der Waals surface area contributed by atoms with E-state index in [2.05, 4.69) is 21.2 Å². The first-order valence-corrected chi connectivity index (χ1v) is 9.71. The second-order valence-electron chi connectivity index (χ2n) is 6.32. The van der Waals surface area contributed by atoms with E-state index >= 15 is 0 Å². The molecule has 0 aromatic heterocycles. The predicted octanol–water partition coefficient (Wildman–Crippen LogP) is 3.69. The number of likely N-dealkylation sites (N-methyl/N-ethyl adjacent to an activating group) is 1. The molecule has 5 nitrogen and oxygen atoms in total. The molecule has 2 amide bonds. The van der Waals surface area contributed by atoms with Gasteiger partial charge in [-0.15, -0.1) is 0 Å². The number of benzene rings is 2. The molecule has 2 rings (SSSR count). The molecular weight excluding hydrogens is 408 g/mol. The zero-order chi connectivity index (χ0) is 19.8. The van der Waals surface area contributed by atoms with Crippen molar-refractivity contribution in [2.24, 2.45) is 0 Å². The summed E-state index contributed by atoms with van der Waals surface area (Å²) in [5, 5.41) is 2.78. The van der Waals surface area contributed by atoms with Crippen molar-refractivity contribution in [3.8, 4) is 5.75 Å². The van der Waals surface area contributed by atoms with Gasteiger partial charge >= 0.3 is 0 Å². The van der Waals surface area contributed by atoms with Gasteiger partial charge in [0.25, 0.3) is 5.91 Å². The average molecular weight is 433 g/mol. The van der Waals surface area contributed by atoms with Gasteiger partial charge in [0, 0.05) is 17.6 Å². The summed E-state index contributed by atoms with van der Waals surface area (Å²) in [6.45, 7) is 6.34. The fourth-order valence-corrected chi connectivity index (χ4v) is 2.82. The molecule has 0 aliphatic heterocycles. The van der Waals surface area contributed by atoms with Crippen molar-refractivity contribution in [1.82, 2.24) is 10.2 Å². The van der Waals surface area contributed by atoms with Crippen LogP contribution in [0.4, 0.5) is 0 Å². The molecule has 0 unspecified atom stereocenters. The molecule has 2 aromatic rings. The van der Waals surface area contributed by atoms with Crippen molar-refractivity contribution in [1.29, 1.82) is 0 Å². The van der Waals surface area contributed by atoms with Crippen LogP contribution >= 0.6 is 15.9 Å². The number of ether oxygens (including phenoxy) is 1. The van der Waals surface area contributed by atoms with Crippen LogP contribution in [-0.2, 0) is 16.1 Å². The Bertz CT molecular complexity index is 760. The van der Waals surface area contributed by atoms with Gasteiger partial charge in [0.15, 0.2) is 6.61 Å². The second-order valence-corrected chi connectivity index (χ2v) is 7.24. The van der Waals surface area contributed by atoms with Crippen LogP contribution in [0.2, 0.25) is 0 Å². The minimum Gasteiger partial charge on any atom is -0.484 e. The van der Waals surface area contributed by atoms with Gasteiger partial charge in [-0.2, -0.15) is 0 Å². The lowest BCUT2D eigenvalue weighted by atomic mass is 10.1. The zero-order valence-electron chi connectivity index (χ0n) is 15.9. The molecule has 0 bridgehead atoms. The standard InChI is InChI=1S/C21H25BrN2O3/c1-4-23-21(26)16(3)24(13-17-7-5-15(2)6-8-17)20(25)14-27-19-11-9-18(22)10-12-19/h5-12,16H,4,13-14H2,1-3H3,(H,23,26)/t16-/m0/s1. The van der Waals surface area contributed by atoms with Gasteiger partial charge in [0.1, 0.15) is 11.8 Å². The smallest absolute Gasteiger partial charge is 0.261 e. The number of nitrogens with one attached hydrogen (secondary N) is 1. The third kappa shape index (κ3) is 6.40. The highest BCUT2D eigenvalue weighted by atomic mass is 79.9. The predicted molar refractivity (Wildman–Crippen MR) is 110 cm³/mol. The van der Waals surface area contributed by atoms with E-state index in [-0.39, 0.29) is 18.4 Å². The van der Waals surface area contributed by atoms with E-state index in [1.54, 1.807) is 24.0 Å². The summed E-state index contributed by atoms with van der Waals surface area (Å²) < 4.78 is 6.54. The molecule has 2 aromatic carbocycles. The van der Waals surface area contributed by atoms with E-state index < -0.39 is 6.04 Å². The Hall–Kier alpha value is -2.34. The van der Waals surface area contributed by atoms with E-state index in [9.17, 15) is 9.59 Å². The Balaban J connectivity index is 2.11. The summed E-state index contributed by atoms with van der Waals surface area (Å²) >= 11 is 3.37. The Labute approximate surface area is 168 Å². The molecule has 0 saturated carbocycles. The minimum absolute atomic E-state index is 0.128. The molecule has 1 N–H and O–H groups in total. The Morgan fingerprint density at radius 2 is 1.74 bits per heavy atom. The van der Waals surface area contributed by atoms with Crippen LogP contribution in [0.1, 0.15) is 25.0 Å². The van der Waals surface area contributed by atoms with Gasteiger partial charge in [0.05, 0.1) is 0 Å². The fraction of sp³-hybridized carbons (Fsp3) is 0.333. The molecule has 0 radical (unpaired) electrons. The van der Waals surface area contributed by atoms with Crippen LogP contribution in [0.15, 0.2) is 53.0 Å². The van der Waals surface area contributed by atoms with E-state index in [1.165, 1.54) is 0 Å². The molecule has 144 valence electrons. The summed E-state index contributed by atoms with van der Waals surface area (Å²) in [5.74, 6) is 0.186. The molecule has 1 atom stereocenters. The van der Waals surface area contributed by atoms with Crippen molar-refractivity contribution >= 4 is 27.7 Å². The Kier molecular flexibility index (Phi) is 7.85. The SMILES string of the molecule is CCNC(=O)[C@H](C)N(Cc1ccc(C)cc1)C(=O)COc1ccc(Br)cc1. The van der Waals surface area contributed by atoms with Crippen molar-refractivity contribution in [3.63, 3.8) is 0 Å². The Morgan fingerprint density at radius 1 is 1.11 bits per heavy atom. The maximum Gasteiger partial charge on any atom is 0.261 e. The first-order valence-electron chi connectivity index (χ1n) is 8.91. The first kappa shape index (κ1) is 21.0. The number of hydrogen-bond donors (Lipinski definition) is 1. The van der Waals surface area contributed by atoms with Crippen molar-refractivity contribution in [2.45, 2.75) is 33.4 Å². The number of carbonyl (C=O) groups excluding carboxylic acids is 2. The van der Waals surface area contributed by atoms with E-state index in [0.29, 0.717) is 18.8 Å². The molecule has 0 fully saturated rings. The van der Waals surface area contributed by atoms with E-state index in [0.717, 1.165) is 15.6 Å². The molecule has 0 spiro atoms. The molecule has 6 heteroatoms. The number of carbonyl (C=O) groups is 2. The quantitative estimate of drug-likeness (QED) is 0.691. The number of nitrogens with zero attached hydrogens (tertiary/aromatic N) is 1. The normalized spacial score (nSPS) is 11.6. The second kappa shape index (κ2) is 10.1. The average Bonchev–Trinajstić information content (AvgIpc) is 2.66. The summed E-state index contributed by atoms with van der Waals surface area (Å²) in [6, 6.07) is 14.6. The molecule has 0 aliphatic rings. The maximum atomic E-state index is 12.8. The van der Waals surface area contributed by atoms with Gasteiger partial charge in [0.2, 0.25) is 5.91 Å². The number of hydrogen-bond acceptors (Lipinski definition) is 3. The zero-order valence-corrected chi connectivity index (χ0v) is 17.5.